The molecule has 0 aromatic heterocycles. The molecule has 76 valence electrons. The standard InChI is InChI=1S/C10H11ClO3/c1-6-3-7(5-14-2)9(11)8(4-6)10(12)13/h3-4H,5H2,1-2H3,(H,12,13). The van der Waals surface area contributed by atoms with Crippen LogP contribution in [0.15, 0.2) is 12.1 Å². The summed E-state index contributed by atoms with van der Waals surface area (Å²) >= 11 is 5.89. The Kier molecular flexibility index (Phi) is 3.49. The van der Waals surface area contributed by atoms with Crippen LogP contribution in [0.5, 0.6) is 0 Å². The van der Waals surface area contributed by atoms with E-state index in [2.05, 4.69) is 0 Å². The molecule has 0 fully saturated rings. The molecule has 1 aromatic rings. The van der Waals surface area contributed by atoms with E-state index in [-0.39, 0.29) is 10.6 Å². The Balaban J connectivity index is 3.24. The average molecular weight is 215 g/mol. The Labute approximate surface area is 87.3 Å². The van der Waals surface area contributed by atoms with Crippen molar-refractivity contribution < 1.29 is 14.6 Å². The van der Waals surface area contributed by atoms with Gasteiger partial charge in [-0.2, -0.15) is 0 Å². The van der Waals surface area contributed by atoms with Crippen LogP contribution in [-0.4, -0.2) is 18.2 Å². The van der Waals surface area contributed by atoms with E-state index in [0.29, 0.717) is 12.2 Å². The maximum Gasteiger partial charge on any atom is 0.337 e. The summed E-state index contributed by atoms with van der Waals surface area (Å²) in [5, 5.41) is 9.11. The molecule has 0 unspecified atom stereocenters. The Morgan fingerprint density at radius 1 is 1.57 bits per heavy atom. The summed E-state index contributed by atoms with van der Waals surface area (Å²) in [5.41, 5.74) is 1.68. The van der Waals surface area contributed by atoms with Crippen LogP contribution in [0.3, 0.4) is 0 Å². The molecular formula is C10H11ClO3. The predicted molar refractivity (Wildman–Crippen MR) is 53.9 cm³/mol. The highest BCUT2D eigenvalue weighted by molar-refractivity contribution is 6.34. The fraction of sp³-hybridized carbons (Fsp3) is 0.300. The molecule has 0 aliphatic rings. The second kappa shape index (κ2) is 4.44. The van der Waals surface area contributed by atoms with Crippen LogP contribution < -0.4 is 0 Å². The zero-order valence-electron chi connectivity index (χ0n) is 8.00. The summed E-state index contributed by atoms with van der Waals surface area (Å²) in [7, 11) is 1.54. The molecule has 0 aliphatic heterocycles. The highest BCUT2D eigenvalue weighted by Gasteiger charge is 2.12. The van der Waals surface area contributed by atoms with Gasteiger partial charge in [0.25, 0.3) is 0 Å². The first-order valence-electron chi connectivity index (χ1n) is 4.07. The molecule has 14 heavy (non-hydrogen) atoms. The minimum Gasteiger partial charge on any atom is -0.478 e. The first-order chi connectivity index (χ1) is 6.56. The number of hydrogen-bond donors (Lipinski definition) is 1. The van der Waals surface area contributed by atoms with Crippen molar-refractivity contribution in [1.29, 1.82) is 0 Å². The van der Waals surface area contributed by atoms with E-state index >= 15 is 0 Å². The summed E-state index contributed by atoms with van der Waals surface area (Å²) < 4.78 is 4.92. The molecule has 0 amide bonds. The van der Waals surface area contributed by atoms with Gasteiger partial charge in [0.15, 0.2) is 0 Å². The second-order valence-electron chi connectivity index (χ2n) is 3.02. The smallest absolute Gasteiger partial charge is 0.337 e. The molecule has 0 atom stereocenters. The molecule has 0 radical (unpaired) electrons. The van der Waals surface area contributed by atoms with Crippen molar-refractivity contribution in [1.82, 2.24) is 0 Å². The molecule has 0 heterocycles. The van der Waals surface area contributed by atoms with Gasteiger partial charge < -0.3 is 9.84 Å². The Hall–Kier alpha value is -1.06. The Bertz CT molecular complexity index is 361. The van der Waals surface area contributed by atoms with Crippen molar-refractivity contribution in [2.24, 2.45) is 0 Å². The van der Waals surface area contributed by atoms with Gasteiger partial charge in [-0.25, -0.2) is 4.79 Å². The van der Waals surface area contributed by atoms with Crippen LogP contribution in [0.25, 0.3) is 0 Å². The van der Waals surface area contributed by atoms with Crippen LogP contribution in [-0.2, 0) is 11.3 Å². The van der Waals surface area contributed by atoms with Gasteiger partial charge in [0.05, 0.1) is 17.2 Å². The second-order valence-corrected chi connectivity index (χ2v) is 3.40. The molecule has 0 bridgehead atoms. The number of rotatable bonds is 3. The van der Waals surface area contributed by atoms with E-state index < -0.39 is 5.97 Å². The third-order valence-electron chi connectivity index (χ3n) is 1.82. The quantitative estimate of drug-likeness (QED) is 0.841. The molecule has 3 nitrogen and oxygen atoms in total. The van der Waals surface area contributed by atoms with Gasteiger partial charge in [-0.05, 0) is 24.1 Å². The zero-order valence-corrected chi connectivity index (χ0v) is 8.76. The van der Waals surface area contributed by atoms with E-state index in [4.69, 9.17) is 21.4 Å². The summed E-state index contributed by atoms with van der Waals surface area (Å²) in [5.74, 6) is -1.02. The van der Waals surface area contributed by atoms with Gasteiger partial charge in [0.1, 0.15) is 0 Å². The zero-order chi connectivity index (χ0) is 10.7. The summed E-state index contributed by atoms with van der Waals surface area (Å²) in [6.07, 6.45) is 0. The lowest BCUT2D eigenvalue weighted by Crippen LogP contribution is -2.01. The Morgan fingerprint density at radius 2 is 2.21 bits per heavy atom. The number of halogens is 1. The van der Waals surface area contributed by atoms with Crippen molar-refractivity contribution in [3.05, 3.63) is 33.8 Å². The molecule has 0 saturated carbocycles. The molecule has 1 N–H and O–H groups in total. The summed E-state index contributed by atoms with van der Waals surface area (Å²) in [4.78, 5) is 10.8. The molecular weight excluding hydrogens is 204 g/mol. The minimum atomic E-state index is -1.02. The number of hydrogen-bond acceptors (Lipinski definition) is 2. The number of methoxy groups -OCH3 is 1. The van der Waals surface area contributed by atoms with E-state index in [9.17, 15) is 4.79 Å². The van der Waals surface area contributed by atoms with Crippen molar-refractivity contribution in [3.63, 3.8) is 0 Å². The van der Waals surface area contributed by atoms with Crippen molar-refractivity contribution in [2.75, 3.05) is 7.11 Å². The van der Waals surface area contributed by atoms with E-state index in [1.54, 1.807) is 13.2 Å². The lowest BCUT2D eigenvalue weighted by molar-refractivity contribution is 0.0696. The lowest BCUT2D eigenvalue weighted by Gasteiger charge is -2.07. The number of ether oxygens (including phenoxy) is 1. The number of aromatic carboxylic acids is 1. The summed E-state index contributed by atoms with van der Waals surface area (Å²) in [6, 6.07) is 3.36. The van der Waals surface area contributed by atoms with E-state index in [0.717, 1.165) is 5.56 Å². The molecule has 4 heteroatoms. The highest BCUT2D eigenvalue weighted by atomic mass is 35.5. The largest absolute Gasteiger partial charge is 0.478 e. The van der Waals surface area contributed by atoms with Crippen LogP contribution in [0, 0.1) is 6.92 Å². The highest BCUT2D eigenvalue weighted by Crippen LogP contribution is 2.23. The van der Waals surface area contributed by atoms with E-state index in [1.165, 1.54) is 0 Å². The molecule has 0 saturated heterocycles. The van der Waals surface area contributed by atoms with Crippen LogP contribution >= 0.6 is 11.6 Å². The fourth-order valence-corrected chi connectivity index (χ4v) is 1.50. The van der Waals surface area contributed by atoms with Crippen molar-refractivity contribution in [3.8, 4) is 0 Å². The van der Waals surface area contributed by atoms with Crippen molar-refractivity contribution >= 4 is 17.6 Å². The molecule has 0 aliphatic carbocycles. The lowest BCUT2D eigenvalue weighted by atomic mass is 10.1. The van der Waals surface area contributed by atoms with Crippen LogP contribution in [0.1, 0.15) is 21.5 Å². The Morgan fingerprint density at radius 3 is 2.71 bits per heavy atom. The molecule has 1 aromatic carbocycles. The maximum absolute atomic E-state index is 10.8. The number of carbonyl (C=O) groups is 1. The van der Waals surface area contributed by atoms with Crippen LogP contribution in [0.4, 0.5) is 0 Å². The third-order valence-corrected chi connectivity index (χ3v) is 2.27. The topological polar surface area (TPSA) is 46.5 Å². The molecule has 1 rings (SSSR count). The summed E-state index contributed by atoms with van der Waals surface area (Å²) in [6.45, 7) is 2.14. The van der Waals surface area contributed by atoms with Gasteiger partial charge in [0, 0.05) is 7.11 Å². The van der Waals surface area contributed by atoms with Crippen molar-refractivity contribution in [2.45, 2.75) is 13.5 Å². The van der Waals surface area contributed by atoms with Crippen LogP contribution in [0.2, 0.25) is 5.02 Å². The number of benzene rings is 1. The minimum absolute atomic E-state index is 0.124. The first-order valence-corrected chi connectivity index (χ1v) is 4.45. The number of carboxylic acid groups (broad SMARTS) is 1. The van der Waals surface area contributed by atoms with Gasteiger partial charge in [-0.3, -0.25) is 0 Å². The number of carboxylic acids is 1. The average Bonchev–Trinajstić information content (AvgIpc) is 2.10. The number of aryl methyl sites for hydroxylation is 1. The SMILES string of the molecule is COCc1cc(C)cc(C(=O)O)c1Cl. The fourth-order valence-electron chi connectivity index (χ4n) is 1.26. The predicted octanol–water partition coefficient (Wildman–Crippen LogP) is 2.49. The first kappa shape index (κ1) is 11.0. The maximum atomic E-state index is 10.8. The monoisotopic (exact) mass is 214 g/mol. The normalized spacial score (nSPS) is 10.2. The molecule has 0 spiro atoms. The van der Waals surface area contributed by atoms with Gasteiger partial charge >= 0.3 is 5.97 Å². The third kappa shape index (κ3) is 2.25. The van der Waals surface area contributed by atoms with Gasteiger partial charge in [-0.1, -0.05) is 17.7 Å². The van der Waals surface area contributed by atoms with E-state index in [1.807, 2.05) is 13.0 Å². The van der Waals surface area contributed by atoms with Gasteiger partial charge in [-0.15, -0.1) is 0 Å². The van der Waals surface area contributed by atoms with Gasteiger partial charge in [0.2, 0.25) is 0 Å².